The zero-order chi connectivity index (χ0) is 15.5. The molecule has 0 aromatic heterocycles. The molecule has 21 heavy (non-hydrogen) atoms. The lowest BCUT2D eigenvalue weighted by molar-refractivity contribution is -0.126. The van der Waals surface area contributed by atoms with Crippen molar-refractivity contribution in [3.05, 3.63) is 18.2 Å². The number of hydrogen-bond donors (Lipinski definition) is 2. The Morgan fingerprint density at radius 1 is 1.29 bits per heavy atom. The van der Waals surface area contributed by atoms with E-state index in [1.165, 1.54) is 0 Å². The lowest BCUT2D eigenvalue weighted by atomic mass is 9.75. The van der Waals surface area contributed by atoms with E-state index in [-0.39, 0.29) is 17.2 Å². The van der Waals surface area contributed by atoms with Crippen molar-refractivity contribution in [1.29, 1.82) is 0 Å². The van der Waals surface area contributed by atoms with E-state index in [0.29, 0.717) is 11.5 Å². The summed E-state index contributed by atoms with van der Waals surface area (Å²) in [5.74, 6) is 1.61. The van der Waals surface area contributed by atoms with Gasteiger partial charge in [-0.25, -0.2) is 0 Å². The molecule has 2 rings (SSSR count). The molecule has 1 fully saturated rings. The number of amides is 1. The summed E-state index contributed by atoms with van der Waals surface area (Å²) in [5, 5.41) is 6.31. The minimum absolute atomic E-state index is 0.0646. The van der Waals surface area contributed by atoms with Gasteiger partial charge in [-0.3, -0.25) is 4.79 Å². The van der Waals surface area contributed by atoms with Crippen molar-refractivity contribution in [3.63, 3.8) is 0 Å². The molecule has 1 unspecified atom stereocenters. The van der Waals surface area contributed by atoms with Gasteiger partial charge in [0.25, 0.3) is 0 Å². The molecule has 1 aliphatic rings. The average Bonchev–Trinajstić information content (AvgIpc) is 2.98. The number of nitrogens with one attached hydrogen (secondary N) is 2. The van der Waals surface area contributed by atoms with Crippen LogP contribution in [0.15, 0.2) is 18.2 Å². The molecule has 0 aliphatic carbocycles. The third-order valence-corrected chi connectivity index (χ3v) is 4.39. The highest BCUT2D eigenvalue weighted by Crippen LogP contribution is 2.36. The lowest BCUT2D eigenvalue weighted by Gasteiger charge is -2.31. The van der Waals surface area contributed by atoms with Crippen LogP contribution in [0.2, 0.25) is 0 Å². The van der Waals surface area contributed by atoms with E-state index in [1.807, 2.05) is 6.07 Å². The molecule has 1 amide bonds. The first-order valence-corrected chi connectivity index (χ1v) is 7.27. The SMILES string of the molecule is COc1ccc(NC(=O)C2(C(C)C)CCNC2)cc1OC. The van der Waals surface area contributed by atoms with E-state index in [9.17, 15) is 4.79 Å². The number of anilines is 1. The summed E-state index contributed by atoms with van der Waals surface area (Å²) in [6.07, 6.45) is 0.865. The Hall–Kier alpha value is -1.75. The standard InChI is InChI=1S/C16H24N2O3/c1-11(2)16(7-8-17-10-16)15(19)18-12-5-6-13(20-3)14(9-12)21-4/h5-6,9,11,17H,7-8,10H2,1-4H3,(H,18,19). The van der Waals surface area contributed by atoms with Crippen molar-refractivity contribution in [1.82, 2.24) is 5.32 Å². The number of rotatable bonds is 5. The normalized spacial score (nSPS) is 21.4. The summed E-state index contributed by atoms with van der Waals surface area (Å²) in [6.45, 7) is 5.81. The number of carbonyl (C=O) groups excluding carboxylic acids is 1. The molecule has 0 bridgehead atoms. The molecule has 0 radical (unpaired) electrons. The highest BCUT2D eigenvalue weighted by molar-refractivity contribution is 5.96. The second-order valence-electron chi connectivity index (χ2n) is 5.76. The summed E-state index contributed by atoms with van der Waals surface area (Å²) in [6, 6.07) is 5.41. The molecular weight excluding hydrogens is 268 g/mol. The number of carbonyl (C=O) groups is 1. The Labute approximate surface area is 126 Å². The fourth-order valence-electron chi connectivity index (χ4n) is 2.83. The Morgan fingerprint density at radius 3 is 2.52 bits per heavy atom. The van der Waals surface area contributed by atoms with Gasteiger partial charge in [-0.1, -0.05) is 13.8 Å². The molecule has 1 atom stereocenters. The van der Waals surface area contributed by atoms with Gasteiger partial charge in [0.15, 0.2) is 11.5 Å². The molecule has 0 spiro atoms. The highest BCUT2D eigenvalue weighted by Gasteiger charge is 2.43. The molecular formula is C16H24N2O3. The molecule has 1 aromatic carbocycles. The number of ether oxygens (including phenoxy) is 2. The number of methoxy groups -OCH3 is 2. The molecule has 2 N–H and O–H groups in total. The third kappa shape index (κ3) is 2.97. The van der Waals surface area contributed by atoms with Gasteiger partial charge in [0, 0.05) is 18.3 Å². The van der Waals surface area contributed by atoms with E-state index in [0.717, 1.165) is 25.2 Å². The van der Waals surface area contributed by atoms with Gasteiger partial charge in [0.05, 0.1) is 19.6 Å². The van der Waals surface area contributed by atoms with Crippen molar-refractivity contribution in [2.45, 2.75) is 20.3 Å². The van der Waals surface area contributed by atoms with Crippen LogP contribution >= 0.6 is 0 Å². The maximum Gasteiger partial charge on any atom is 0.232 e. The average molecular weight is 292 g/mol. The van der Waals surface area contributed by atoms with E-state index in [4.69, 9.17) is 9.47 Å². The topological polar surface area (TPSA) is 59.6 Å². The Balaban J connectivity index is 2.19. The maximum absolute atomic E-state index is 12.7. The monoisotopic (exact) mass is 292 g/mol. The van der Waals surface area contributed by atoms with E-state index < -0.39 is 0 Å². The second-order valence-corrected chi connectivity index (χ2v) is 5.76. The Kier molecular flexibility index (Phi) is 4.73. The molecule has 1 aliphatic heterocycles. The van der Waals surface area contributed by atoms with Gasteiger partial charge in [-0.05, 0) is 31.0 Å². The Bertz CT molecular complexity index is 508. The first-order valence-electron chi connectivity index (χ1n) is 7.27. The smallest absolute Gasteiger partial charge is 0.232 e. The van der Waals surface area contributed by atoms with Crippen molar-refractivity contribution in [3.8, 4) is 11.5 Å². The van der Waals surface area contributed by atoms with Crippen LogP contribution in [-0.2, 0) is 4.79 Å². The van der Waals surface area contributed by atoms with Crippen molar-refractivity contribution in [2.75, 3.05) is 32.6 Å². The number of hydrogen-bond acceptors (Lipinski definition) is 4. The van der Waals surface area contributed by atoms with Crippen molar-refractivity contribution in [2.24, 2.45) is 11.3 Å². The first-order chi connectivity index (χ1) is 10.0. The van der Waals surface area contributed by atoms with Crippen molar-refractivity contribution < 1.29 is 14.3 Å². The van der Waals surface area contributed by atoms with Gasteiger partial charge >= 0.3 is 0 Å². The lowest BCUT2D eigenvalue weighted by Crippen LogP contribution is -2.42. The largest absolute Gasteiger partial charge is 0.493 e. The molecule has 0 saturated carbocycles. The molecule has 1 saturated heterocycles. The highest BCUT2D eigenvalue weighted by atomic mass is 16.5. The molecule has 1 heterocycles. The molecule has 5 heteroatoms. The minimum Gasteiger partial charge on any atom is -0.493 e. The van der Waals surface area contributed by atoms with E-state index in [2.05, 4.69) is 24.5 Å². The maximum atomic E-state index is 12.7. The first kappa shape index (κ1) is 15.6. The summed E-state index contributed by atoms with van der Waals surface area (Å²) >= 11 is 0. The zero-order valence-corrected chi connectivity index (χ0v) is 13.2. The van der Waals surface area contributed by atoms with Crippen LogP contribution in [0.25, 0.3) is 0 Å². The van der Waals surface area contributed by atoms with Crippen LogP contribution < -0.4 is 20.1 Å². The summed E-state index contributed by atoms with van der Waals surface area (Å²) in [7, 11) is 3.17. The quantitative estimate of drug-likeness (QED) is 0.874. The van der Waals surface area contributed by atoms with Gasteiger partial charge < -0.3 is 20.1 Å². The van der Waals surface area contributed by atoms with Gasteiger partial charge in [-0.2, -0.15) is 0 Å². The summed E-state index contributed by atoms with van der Waals surface area (Å²) in [5.41, 5.74) is 0.386. The van der Waals surface area contributed by atoms with Gasteiger partial charge in [0.1, 0.15) is 0 Å². The summed E-state index contributed by atoms with van der Waals surface area (Å²) in [4.78, 5) is 12.7. The third-order valence-electron chi connectivity index (χ3n) is 4.39. The predicted octanol–water partition coefficient (Wildman–Crippen LogP) is 2.28. The van der Waals surface area contributed by atoms with E-state index >= 15 is 0 Å². The fraction of sp³-hybridized carbons (Fsp3) is 0.562. The van der Waals surface area contributed by atoms with Crippen LogP contribution in [0.5, 0.6) is 11.5 Å². The minimum atomic E-state index is -0.340. The van der Waals surface area contributed by atoms with Crippen molar-refractivity contribution >= 4 is 11.6 Å². The van der Waals surface area contributed by atoms with Gasteiger partial charge in [-0.15, -0.1) is 0 Å². The second kappa shape index (κ2) is 6.35. The zero-order valence-electron chi connectivity index (χ0n) is 13.2. The van der Waals surface area contributed by atoms with Crippen LogP contribution in [-0.4, -0.2) is 33.2 Å². The summed E-state index contributed by atoms with van der Waals surface area (Å²) < 4.78 is 10.5. The van der Waals surface area contributed by atoms with Gasteiger partial charge in [0.2, 0.25) is 5.91 Å². The molecule has 5 nitrogen and oxygen atoms in total. The molecule has 116 valence electrons. The van der Waals surface area contributed by atoms with Crippen LogP contribution in [0.3, 0.4) is 0 Å². The Morgan fingerprint density at radius 2 is 2.00 bits per heavy atom. The fourth-order valence-corrected chi connectivity index (χ4v) is 2.83. The predicted molar refractivity (Wildman–Crippen MR) is 82.9 cm³/mol. The van der Waals surface area contributed by atoms with Crippen LogP contribution in [0.1, 0.15) is 20.3 Å². The number of benzene rings is 1. The molecule has 1 aromatic rings. The van der Waals surface area contributed by atoms with E-state index in [1.54, 1.807) is 26.4 Å². The van der Waals surface area contributed by atoms with Crippen LogP contribution in [0, 0.1) is 11.3 Å². The van der Waals surface area contributed by atoms with Crippen LogP contribution in [0.4, 0.5) is 5.69 Å².